The maximum absolute atomic E-state index is 11.5. The van der Waals surface area contributed by atoms with E-state index >= 15 is 0 Å². The topological polar surface area (TPSA) is 85.2 Å². The Bertz CT molecular complexity index is 598. The van der Waals surface area contributed by atoms with Gasteiger partial charge in [-0.25, -0.2) is 4.98 Å². The number of nitrogens with two attached hydrogens (primary N) is 2. The van der Waals surface area contributed by atoms with Gasteiger partial charge in [0.05, 0.1) is 17.4 Å². The third-order valence-electron chi connectivity index (χ3n) is 3.05. The van der Waals surface area contributed by atoms with Crippen LogP contribution in [0.3, 0.4) is 0 Å². The molecule has 0 unspecified atom stereocenters. The Labute approximate surface area is 118 Å². The van der Waals surface area contributed by atoms with Gasteiger partial charge in [-0.05, 0) is 18.6 Å². The molecular weight excluding hydrogens is 252 g/mol. The van der Waals surface area contributed by atoms with Crippen LogP contribution in [0.25, 0.3) is 0 Å². The van der Waals surface area contributed by atoms with Gasteiger partial charge in [0, 0.05) is 13.1 Å². The standard InChI is InChI=1S/C15H18N4O/c1-2-19(10-11-6-4-3-5-7-11)15-13(14(17)20)8-12(16)9-18-15/h3-9H,2,10,16H2,1H3,(H2,17,20). The summed E-state index contributed by atoms with van der Waals surface area (Å²) in [6.07, 6.45) is 1.54. The second-order valence-corrected chi connectivity index (χ2v) is 4.50. The van der Waals surface area contributed by atoms with Crippen LogP contribution in [0.4, 0.5) is 11.5 Å². The molecule has 0 saturated carbocycles. The predicted molar refractivity (Wildman–Crippen MR) is 80.3 cm³/mol. The zero-order chi connectivity index (χ0) is 14.5. The van der Waals surface area contributed by atoms with Crippen molar-refractivity contribution in [3.8, 4) is 0 Å². The van der Waals surface area contributed by atoms with E-state index in [1.807, 2.05) is 42.2 Å². The minimum atomic E-state index is -0.522. The molecule has 0 aliphatic carbocycles. The first-order chi connectivity index (χ1) is 9.61. The summed E-state index contributed by atoms with van der Waals surface area (Å²) in [6, 6.07) is 11.6. The van der Waals surface area contributed by atoms with Crippen LogP contribution in [0.1, 0.15) is 22.8 Å². The third kappa shape index (κ3) is 3.06. The summed E-state index contributed by atoms with van der Waals surface area (Å²) in [5.74, 6) is 0.0457. The van der Waals surface area contributed by atoms with Gasteiger partial charge in [0.1, 0.15) is 5.82 Å². The average Bonchev–Trinajstić information content (AvgIpc) is 2.46. The molecule has 20 heavy (non-hydrogen) atoms. The van der Waals surface area contributed by atoms with E-state index in [0.717, 1.165) is 5.56 Å². The van der Waals surface area contributed by atoms with E-state index in [1.165, 1.54) is 6.20 Å². The highest BCUT2D eigenvalue weighted by molar-refractivity contribution is 5.98. The number of hydrogen-bond donors (Lipinski definition) is 2. The number of pyridine rings is 1. The lowest BCUT2D eigenvalue weighted by atomic mass is 10.1. The molecule has 2 aromatic rings. The molecule has 0 atom stereocenters. The summed E-state index contributed by atoms with van der Waals surface area (Å²) in [4.78, 5) is 17.8. The zero-order valence-electron chi connectivity index (χ0n) is 11.4. The van der Waals surface area contributed by atoms with Gasteiger partial charge in [-0.2, -0.15) is 0 Å². The zero-order valence-corrected chi connectivity index (χ0v) is 11.4. The summed E-state index contributed by atoms with van der Waals surface area (Å²) in [5, 5.41) is 0. The second kappa shape index (κ2) is 6.06. The van der Waals surface area contributed by atoms with Crippen molar-refractivity contribution < 1.29 is 4.79 Å². The summed E-state index contributed by atoms with van der Waals surface area (Å²) >= 11 is 0. The number of carbonyl (C=O) groups is 1. The minimum absolute atomic E-state index is 0.350. The van der Waals surface area contributed by atoms with Crippen molar-refractivity contribution in [3.63, 3.8) is 0 Å². The van der Waals surface area contributed by atoms with Crippen LogP contribution in [0, 0.1) is 0 Å². The quantitative estimate of drug-likeness (QED) is 0.867. The van der Waals surface area contributed by atoms with Gasteiger partial charge in [0.2, 0.25) is 0 Å². The van der Waals surface area contributed by atoms with Crippen molar-refractivity contribution in [3.05, 3.63) is 53.7 Å². The molecule has 2 rings (SSSR count). The first-order valence-corrected chi connectivity index (χ1v) is 6.46. The summed E-state index contributed by atoms with van der Waals surface area (Å²) in [5.41, 5.74) is 13.0. The molecule has 5 heteroatoms. The molecule has 0 radical (unpaired) electrons. The molecule has 1 aromatic heterocycles. The Morgan fingerprint density at radius 2 is 2.00 bits per heavy atom. The molecule has 1 aromatic carbocycles. The molecule has 0 spiro atoms. The number of hydrogen-bond acceptors (Lipinski definition) is 4. The smallest absolute Gasteiger partial charge is 0.252 e. The lowest BCUT2D eigenvalue weighted by molar-refractivity contribution is 0.100. The van der Waals surface area contributed by atoms with Gasteiger partial charge in [0.25, 0.3) is 5.91 Å². The number of anilines is 2. The van der Waals surface area contributed by atoms with Gasteiger partial charge in [-0.1, -0.05) is 30.3 Å². The number of nitrogen functional groups attached to an aromatic ring is 1. The molecule has 0 saturated heterocycles. The van der Waals surface area contributed by atoms with Crippen LogP contribution in [-0.2, 0) is 6.54 Å². The normalized spacial score (nSPS) is 10.2. The Morgan fingerprint density at radius 3 is 2.60 bits per heavy atom. The monoisotopic (exact) mass is 270 g/mol. The van der Waals surface area contributed by atoms with Crippen molar-refractivity contribution in [2.24, 2.45) is 5.73 Å². The fraction of sp³-hybridized carbons (Fsp3) is 0.200. The fourth-order valence-corrected chi connectivity index (χ4v) is 2.05. The minimum Gasteiger partial charge on any atom is -0.397 e. The molecular formula is C15H18N4O. The molecule has 5 nitrogen and oxygen atoms in total. The number of rotatable bonds is 5. The number of aromatic nitrogens is 1. The lowest BCUT2D eigenvalue weighted by Crippen LogP contribution is -2.27. The van der Waals surface area contributed by atoms with E-state index < -0.39 is 5.91 Å². The molecule has 0 aliphatic heterocycles. The molecule has 104 valence electrons. The van der Waals surface area contributed by atoms with Crippen molar-refractivity contribution in [1.82, 2.24) is 4.98 Å². The largest absolute Gasteiger partial charge is 0.397 e. The summed E-state index contributed by atoms with van der Waals surface area (Å²) < 4.78 is 0. The molecule has 0 fully saturated rings. The first-order valence-electron chi connectivity index (χ1n) is 6.46. The molecule has 0 bridgehead atoms. The van der Waals surface area contributed by atoms with Crippen LogP contribution < -0.4 is 16.4 Å². The highest BCUT2D eigenvalue weighted by atomic mass is 16.1. The van der Waals surface area contributed by atoms with Gasteiger partial charge in [-0.3, -0.25) is 4.79 Å². The predicted octanol–water partition coefficient (Wildman–Crippen LogP) is 1.79. The number of benzene rings is 1. The van der Waals surface area contributed by atoms with Gasteiger partial charge in [0.15, 0.2) is 0 Å². The van der Waals surface area contributed by atoms with Crippen LogP contribution in [0.5, 0.6) is 0 Å². The average molecular weight is 270 g/mol. The highest BCUT2D eigenvalue weighted by Gasteiger charge is 2.16. The van der Waals surface area contributed by atoms with Crippen molar-refractivity contribution in [1.29, 1.82) is 0 Å². The Kier molecular flexibility index (Phi) is 4.20. The van der Waals surface area contributed by atoms with Crippen LogP contribution in [-0.4, -0.2) is 17.4 Å². The van der Waals surface area contributed by atoms with Crippen LogP contribution >= 0.6 is 0 Å². The number of primary amides is 1. The van der Waals surface area contributed by atoms with E-state index in [2.05, 4.69) is 4.98 Å². The Balaban J connectivity index is 2.34. The first kappa shape index (κ1) is 13.9. The maximum Gasteiger partial charge on any atom is 0.252 e. The Hall–Kier alpha value is -2.56. The van der Waals surface area contributed by atoms with E-state index in [0.29, 0.717) is 30.2 Å². The van der Waals surface area contributed by atoms with E-state index in [9.17, 15) is 4.79 Å². The summed E-state index contributed by atoms with van der Waals surface area (Å²) in [7, 11) is 0. The molecule has 0 aliphatic rings. The lowest BCUT2D eigenvalue weighted by Gasteiger charge is -2.24. The third-order valence-corrected chi connectivity index (χ3v) is 3.05. The fourth-order valence-electron chi connectivity index (χ4n) is 2.05. The van der Waals surface area contributed by atoms with E-state index in [4.69, 9.17) is 11.5 Å². The second-order valence-electron chi connectivity index (χ2n) is 4.50. The van der Waals surface area contributed by atoms with Crippen molar-refractivity contribution in [2.75, 3.05) is 17.2 Å². The molecule has 1 amide bonds. The number of carbonyl (C=O) groups excluding carboxylic acids is 1. The molecule has 1 heterocycles. The van der Waals surface area contributed by atoms with Gasteiger partial charge in [-0.15, -0.1) is 0 Å². The Morgan fingerprint density at radius 1 is 1.30 bits per heavy atom. The van der Waals surface area contributed by atoms with Crippen molar-refractivity contribution in [2.45, 2.75) is 13.5 Å². The van der Waals surface area contributed by atoms with E-state index in [1.54, 1.807) is 6.07 Å². The van der Waals surface area contributed by atoms with Gasteiger partial charge >= 0.3 is 0 Å². The van der Waals surface area contributed by atoms with Crippen LogP contribution in [0.15, 0.2) is 42.6 Å². The van der Waals surface area contributed by atoms with Gasteiger partial charge < -0.3 is 16.4 Å². The van der Waals surface area contributed by atoms with Crippen molar-refractivity contribution >= 4 is 17.4 Å². The van der Waals surface area contributed by atoms with Crippen LogP contribution in [0.2, 0.25) is 0 Å². The SMILES string of the molecule is CCN(Cc1ccccc1)c1ncc(N)cc1C(N)=O. The molecule has 4 N–H and O–H groups in total. The number of nitrogens with zero attached hydrogens (tertiary/aromatic N) is 2. The number of amides is 1. The maximum atomic E-state index is 11.5. The van der Waals surface area contributed by atoms with E-state index in [-0.39, 0.29) is 0 Å². The highest BCUT2D eigenvalue weighted by Crippen LogP contribution is 2.21. The summed E-state index contributed by atoms with van der Waals surface area (Å²) in [6.45, 7) is 3.38.